The summed E-state index contributed by atoms with van der Waals surface area (Å²) in [7, 11) is -3.65. The summed E-state index contributed by atoms with van der Waals surface area (Å²) < 4.78 is 27.5. The zero-order chi connectivity index (χ0) is 20.6. The number of carboxylic acids is 1. The second-order valence-corrected chi connectivity index (χ2v) is 9.31. The maximum Gasteiger partial charge on any atom is 0.336 e. The van der Waals surface area contributed by atoms with E-state index in [4.69, 9.17) is 0 Å². The van der Waals surface area contributed by atoms with Crippen LogP contribution in [0.2, 0.25) is 0 Å². The molecule has 150 valence electrons. The van der Waals surface area contributed by atoms with Crippen molar-refractivity contribution in [3.05, 3.63) is 59.7 Å². The van der Waals surface area contributed by atoms with E-state index in [2.05, 4.69) is 4.98 Å². The third-order valence-electron chi connectivity index (χ3n) is 5.28. The first kappa shape index (κ1) is 19.5. The molecule has 0 amide bonds. The fraction of sp³-hybridized carbons (Fsp3) is 0.273. The molecular weight excluding hydrogens is 388 g/mol. The van der Waals surface area contributed by atoms with Crippen molar-refractivity contribution in [3.8, 4) is 11.3 Å². The fourth-order valence-electron chi connectivity index (χ4n) is 3.75. The predicted octanol–water partition coefficient (Wildman–Crippen LogP) is 4.08. The van der Waals surface area contributed by atoms with E-state index in [1.54, 1.807) is 6.07 Å². The molecule has 0 saturated carbocycles. The summed E-state index contributed by atoms with van der Waals surface area (Å²) in [5, 5.41) is 10.1. The van der Waals surface area contributed by atoms with E-state index in [1.165, 1.54) is 22.5 Å². The number of sulfonamides is 1. The van der Waals surface area contributed by atoms with Crippen LogP contribution < -0.4 is 0 Å². The molecule has 0 unspecified atom stereocenters. The summed E-state index contributed by atoms with van der Waals surface area (Å²) in [6.45, 7) is 2.95. The molecule has 1 N–H and O–H groups in total. The van der Waals surface area contributed by atoms with Gasteiger partial charge in [0.15, 0.2) is 0 Å². The van der Waals surface area contributed by atoms with Gasteiger partial charge >= 0.3 is 5.97 Å². The fourth-order valence-corrected chi connectivity index (χ4v) is 5.29. The van der Waals surface area contributed by atoms with Gasteiger partial charge in [-0.1, -0.05) is 30.2 Å². The summed E-state index contributed by atoms with van der Waals surface area (Å²) >= 11 is 0. The molecule has 0 spiro atoms. The van der Waals surface area contributed by atoms with Gasteiger partial charge in [0.05, 0.1) is 21.7 Å². The highest BCUT2D eigenvalue weighted by atomic mass is 32.2. The quantitative estimate of drug-likeness (QED) is 0.700. The lowest BCUT2D eigenvalue weighted by molar-refractivity contribution is 0.0699. The van der Waals surface area contributed by atoms with Crippen molar-refractivity contribution < 1.29 is 18.3 Å². The van der Waals surface area contributed by atoms with Gasteiger partial charge in [0.25, 0.3) is 0 Å². The highest BCUT2D eigenvalue weighted by Crippen LogP contribution is 2.29. The molecule has 7 heteroatoms. The van der Waals surface area contributed by atoms with Crippen molar-refractivity contribution in [2.75, 3.05) is 13.1 Å². The molecule has 1 aromatic heterocycles. The second kappa shape index (κ2) is 7.57. The highest BCUT2D eigenvalue weighted by molar-refractivity contribution is 7.89. The van der Waals surface area contributed by atoms with E-state index in [9.17, 15) is 18.3 Å². The molecule has 0 radical (unpaired) electrons. The number of carbonyl (C=O) groups is 1. The van der Waals surface area contributed by atoms with Crippen molar-refractivity contribution in [1.29, 1.82) is 0 Å². The van der Waals surface area contributed by atoms with Gasteiger partial charge in [-0.2, -0.15) is 4.31 Å². The number of hydrogen-bond acceptors (Lipinski definition) is 4. The van der Waals surface area contributed by atoms with Crippen LogP contribution in [0.15, 0.2) is 53.4 Å². The lowest BCUT2D eigenvalue weighted by Crippen LogP contribution is -2.35. The maximum absolute atomic E-state index is 13.0. The number of benzene rings is 2. The molecule has 2 aromatic carbocycles. The first-order valence-electron chi connectivity index (χ1n) is 9.61. The first-order valence-corrected chi connectivity index (χ1v) is 11.1. The SMILES string of the molecule is Cc1cccc(-c2cc(C(=O)O)c3cc(S(=O)(=O)N4CCCCC4)ccc3n2)c1. The van der Waals surface area contributed by atoms with E-state index in [0.29, 0.717) is 29.7 Å². The lowest BCUT2D eigenvalue weighted by Gasteiger charge is -2.26. The Balaban J connectivity index is 1.85. The number of hydrogen-bond donors (Lipinski definition) is 1. The highest BCUT2D eigenvalue weighted by Gasteiger charge is 2.27. The number of piperidine rings is 1. The van der Waals surface area contributed by atoms with Gasteiger partial charge in [0, 0.05) is 24.0 Å². The third-order valence-corrected chi connectivity index (χ3v) is 7.17. The van der Waals surface area contributed by atoms with Crippen molar-refractivity contribution >= 4 is 26.9 Å². The summed E-state index contributed by atoms with van der Waals surface area (Å²) in [6, 6.07) is 13.7. The first-order chi connectivity index (χ1) is 13.9. The Morgan fingerprint density at radius 2 is 1.79 bits per heavy atom. The molecule has 0 bridgehead atoms. The van der Waals surface area contributed by atoms with Gasteiger partial charge in [-0.3, -0.25) is 0 Å². The maximum atomic E-state index is 13.0. The molecule has 1 aliphatic rings. The molecule has 1 fully saturated rings. The topological polar surface area (TPSA) is 87.6 Å². The standard InChI is InChI=1S/C22H22N2O4S/c1-15-6-5-7-16(12-15)21-14-19(22(25)26)18-13-17(8-9-20(18)23-21)29(27,28)24-10-3-2-4-11-24/h5-9,12-14H,2-4,10-11H2,1H3,(H,25,26). The zero-order valence-electron chi connectivity index (χ0n) is 16.1. The van der Waals surface area contributed by atoms with Crippen molar-refractivity contribution in [2.45, 2.75) is 31.1 Å². The number of pyridine rings is 1. The van der Waals surface area contributed by atoms with Gasteiger partial charge in [-0.15, -0.1) is 0 Å². The van der Waals surface area contributed by atoms with E-state index in [0.717, 1.165) is 30.4 Å². The molecule has 0 aliphatic carbocycles. The largest absolute Gasteiger partial charge is 0.478 e. The number of nitrogens with zero attached hydrogens (tertiary/aromatic N) is 2. The van der Waals surface area contributed by atoms with Crippen molar-refractivity contribution in [1.82, 2.24) is 9.29 Å². The van der Waals surface area contributed by atoms with Crippen LogP contribution in [0.3, 0.4) is 0 Å². The molecule has 29 heavy (non-hydrogen) atoms. The Morgan fingerprint density at radius 1 is 1.03 bits per heavy atom. The van der Waals surface area contributed by atoms with Crippen LogP contribution in [-0.4, -0.2) is 41.9 Å². The van der Waals surface area contributed by atoms with Crippen LogP contribution in [0, 0.1) is 6.92 Å². The number of rotatable bonds is 4. The van der Waals surface area contributed by atoms with Crippen molar-refractivity contribution in [3.63, 3.8) is 0 Å². The Bertz CT molecular complexity index is 1200. The van der Waals surface area contributed by atoms with E-state index >= 15 is 0 Å². The monoisotopic (exact) mass is 410 g/mol. The molecule has 1 saturated heterocycles. The third kappa shape index (κ3) is 3.75. The van der Waals surface area contributed by atoms with Crippen LogP contribution in [0.5, 0.6) is 0 Å². The Kier molecular flexibility index (Phi) is 5.10. The molecule has 0 atom stereocenters. The van der Waals surface area contributed by atoms with Gasteiger partial charge < -0.3 is 5.11 Å². The van der Waals surface area contributed by atoms with Gasteiger partial charge in [-0.25, -0.2) is 18.2 Å². The Morgan fingerprint density at radius 3 is 2.48 bits per heavy atom. The minimum Gasteiger partial charge on any atom is -0.478 e. The van der Waals surface area contributed by atoms with E-state index < -0.39 is 16.0 Å². The van der Waals surface area contributed by atoms with Crippen LogP contribution in [-0.2, 0) is 10.0 Å². The smallest absolute Gasteiger partial charge is 0.336 e. The van der Waals surface area contributed by atoms with Crippen molar-refractivity contribution in [2.24, 2.45) is 0 Å². The molecule has 1 aliphatic heterocycles. The summed E-state index contributed by atoms with van der Waals surface area (Å²) in [4.78, 5) is 16.6. The van der Waals surface area contributed by atoms with Crippen LogP contribution in [0.25, 0.3) is 22.2 Å². The normalized spacial score (nSPS) is 15.5. The molecule has 6 nitrogen and oxygen atoms in total. The molecule has 2 heterocycles. The molecule has 4 rings (SSSR count). The average Bonchev–Trinajstić information content (AvgIpc) is 2.73. The Labute approximate surface area is 169 Å². The Hall–Kier alpha value is -2.77. The number of aromatic nitrogens is 1. The summed E-state index contributed by atoms with van der Waals surface area (Å²) in [5.74, 6) is -1.11. The molecule has 3 aromatic rings. The van der Waals surface area contributed by atoms with Crippen LogP contribution in [0.1, 0.15) is 35.2 Å². The number of aromatic carboxylic acids is 1. The number of fused-ring (bicyclic) bond motifs is 1. The summed E-state index contributed by atoms with van der Waals surface area (Å²) in [6.07, 6.45) is 2.71. The number of aryl methyl sites for hydroxylation is 1. The number of carboxylic acid groups (broad SMARTS) is 1. The van der Waals surface area contributed by atoms with Gasteiger partial charge in [0.1, 0.15) is 0 Å². The predicted molar refractivity (Wildman–Crippen MR) is 111 cm³/mol. The van der Waals surface area contributed by atoms with Gasteiger partial charge in [0.2, 0.25) is 10.0 Å². The van der Waals surface area contributed by atoms with E-state index in [-0.39, 0.29) is 10.5 Å². The van der Waals surface area contributed by atoms with E-state index in [1.807, 2.05) is 31.2 Å². The summed E-state index contributed by atoms with van der Waals surface area (Å²) in [5.41, 5.74) is 2.91. The second-order valence-electron chi connectivity index (χ2n) is 7.37. The minimum absolute atomic E-state index is 0.0437. The zero-order valence-corrected chi connectivity index (χ0v) is 16.9. The molecular formula is C22H22N2O4S. The van der Waals surface area contributed by atoms with Gasteiger partial charge in [-0.05, 0) is 50.1 Å². The average molecular weight is 410 g/mol. The van der Waals surface area contributed by atoms with Crippen LogP contribution >= 0.6 is 0 Å². The minimum atomic E-state index is -3.65. The lowest BCUT2D eigenvalue weighted by atomic mass is 10.0. The van der Waals surface area contributed by atoms with Crippen LogP contribution in [0.4, 0.5) is 0 Å².